The van der Waals surface area contributed by atoms with Gasteiger partial charge in [0.2, 0.25) is 5.91 Å². The number of carbonyl (C=O) groups is 1. The molecule has 0 spiro atoms. The predicted molar refractivity (Wildman–Crippen MR) is 102 cm³/mol. The van der Waals surface area contributed by atoms with Gasteiger partial charge in [-0.1, -0.05) is 36.0 Å². The van der Waals surface area contributed by atoms with Crippen LogP contribution < -0.4 is 5.32 Å². The maximum absolute atomic E-state index is 12.1. The van der Waals surface area contributed by atoms with E-state index in [4.69, 9.17) is 0 Å². The van der Waals surface area contributed by atoms with Gasteiger partial charge in [0.15, 0.2) is 5.16 Å². The van der Waals surface area contributed by atoms with Gasteiger partial charge in [-0.25, -0.2) is 4.98 Å². The van der Waals surface area contributed by atoms with Crippen LogP contribution in [0.1, 0.15) is 13.3 Å². The van der Waals surface area contributed by atoms with Crippen LogP contribution in [0.3, 0.4) is 0 Å². The topological polar surface area (TPSA) is 90.1 Å². The molecular formula is C18H18N4O3S. The quantitative estimate of drug-likeness (QED) is 0.384. The third-order valence-electron chi connectivity index (χ3n) is 3.87. The fraction of sp³-hybridized carbons (Fsp3) is 0.222. The second-order valence-corrected chi connectivity index (χ2v) is 6.61. The molecule has 3 rings (SSSR count). The van der Waals surface area contributed by atoms with Gasteiger partial charge in [-0.3, -0.25) is 14.9 Å². The fourth-order valence-electron chi connectivity index (χ4n) is 2.66. The monoisotopic (exact) mass is 370 g/mol. The number of hydrogen-bond acceptors (Lipinski definition) is 5. The minimum Gasteiger partial charge on any atom is -0.320 e. The molecule has 0 bridgehead atoms. The first-order chi connectivity index (χ1) is 12.6. The van der Waals surface area contributed by atoms with Gasteiger partial charge >= 0.3 is 0 Å². The minimum atomic E-state index is -0.506. The van der Waals surface area contributed by atoms with Crippen LogP contribution in [0.25, 0.3) is 11.0 Å². The number of para-hydroxylation sites is 4. The standard InChI is InChI=1S/C18H18N4O3S/c1-2-21-15-9-5-3-7-13(15)20-18(21)26-12-11-17(23)19-14-8-4-6-10-16(14)22(24)25/h3-10H,2,11-12H2,1H3,(H,19,23). The number of carbonyl (C=O) groups excluding carboxylic acids is 1. The summed E-state index contributed by atoms with van der Waals surface area (Å²) >= 11 is 1.50. The number of nitrogens with one attached hydrogen (secondary N) is 1. The van der Waals surface area contributed by atoms with Crippen molar-refractivity contribution < 1.29 is 9.72 Å². The van der Waals surface area contributed by atoms with Crippen LogP contribution in [-0.2, 0) is 11.3 Å². The van der Waals surface area contributed by atoms with Crippen molar-refractivity contribution >= 4 is 40.1 Å². The number of nitro benzene ring substituents is 1. The summed E-state index contributed by atoms with van der Waals surface area (Å²) in [6.07, 6.45) is 0.240. The fourth-order valence-corrected chi connectivity index (χ4v) is 3.67. The second kappa shape index (κ2) is 8.01. The average Bonchev–Trinajstić information content (AvgIpc) is 2.99. The Labute approximate surface area is 154 Å². The molecule has 1 aromatic heterocycles. The molecule has 0 radical (unpaired) electrons. The number of imidazole rings is 1. The Balaban J connectivity index is 1.62. The van der Waals surface area contributed by atoms with Crippen LogP contribution in [0.2, 0.25) is 0 Å². The van der Waals surface area contributed by atoms with Gasteiger partial charge in [0.25, 0.3) is 5.69 Å². The molecule has 0 aliphatic heterocycles. The van der Waals surface area contributed by atoms with Crippen LogP contribution in [-0.4, -0.2) is 26.1 Å². The predicted octanol–water partition coefficient (Wildman–Crippen LogP) is 4.09. The number of hydrogen-bond donors (Lipinski definition) is 1. The maximum atomic E-state index is 12.1. The zero-order valence-electron chi connectivity index (χ0n) is 14.2. The molecule has 3 aromatic rings. The highest BCUT2D eigenvalue weighted by Crippen LogP contribution is 2.26. The lowest BCUT2D eigenvalue weighted by molar-refractivity contribution is -0.383. The Kier molecular flexibility index (Phi) is 5.52. The van der Waals surface area contributed by atoms with E-state index in [1.165, 1.54) is 23.9 Å². The lowest BCUT2D eigenvalue weighted by atomic mass is 10.2. The van der Waals surface area contributed by atoms with E-state index in [2.05, 4.69) is 21.8 Å². The van der Waals surface area contributed by atoms with Crippen molar-refractivity contribution in [3.63, 3.8) is 0 Å². The molecule has 0 atom stereocenters. The van der Waals surface area contributed by atoms with Crippen molar-refractivity contribution in [3.05, 3.63) is 58.6 Å². The molecule has 7 nitrogen and oxygen atoms in total. The Morgan fingerprint density at radius 1 is 1.23 bits per heavy atom. The molecule has 0 unspecified atom stereocenters. The third kappa shape index (κ3) is 3.85. The van der Waals surface area contributed by atoms with E-state index in [1.54, 1.807) is 12.1 Å². The molecule has 0 aliphatic rings. The molecule has 26 heavy (non-hydrogen) atoms. The number of rotatable bonds is 7. The molecular weight excluding hydrogens is 352 g/mol. The van der Waals surface area contributed by atoms with Gasteiger partial charge in [0, 0.05) is 24.8 Å². The molecule has 1 amide bonds. The van der Waals surface area contributed by atoms with Gasteiger partial charge in [0.05, 0.1) is 16.0 Å². The largest absolute Gasteiger partial charge is 0.320 e. The first kappa shape index (κ1) is 17.9. The van der Waals surface area contributed by atoms with Crippen LogP contribution in [0.5, 0.6) is 0 Å². The summed E-state index contributed by atoms with van der Waals surface area (Å²) in [4.78, 5) is 27.2. The number of amides is 1. The first-order valence-electron chi connectivity index (χ1n) is 8.21. The number of nitrogens with zero attached hydrogens (tertiary/aromatic N) is 3. The molecule has 8 heteroatoms. The average molecular weight is 370 g/mol. The first-order valence-corrected chi connectivity index (χ1v) is 9.20. The third-order valence-corrected chi connectivity index (χ3v) is 4.85. The maximum Gasteiger partial charge on any atom is 0.292 e. The zero-order chi connectivity index (χ0) is 18.5. The molecule has 1 N–H and O–H groups in total. The van der Waals surface area contributed by atoms with Crippen LogP contribution in [0, 0.1) is 10.1 Å². The summed E-state index contributed by atoms with van der Waals surface area (Å²) in [6.45, 7) is 2.85. The summed E-state index contributed by atoms with van der Waals surface area (Å²) in [7, 11) is 0. The second-order valence-electron chi connectivity index (χ2n) is 5.55. The summed E-state index contributed by atoms with van der Waals surface area (Å²) < 4.78 is 2.11. The van der Waals surface area contributed by atoms with E-state index in [0.717, 1.165) is 22.7 Å². The lowest BCUT2D eigenvalue weighted by Crippen LogP contribution is -2.13. The van der Waals surface area contributed by atoms with Crippen LogP contribution in [0.4, 0.5) is 11.4 Å². The molecule has 2 aromatic carbocycles. The van der Waals surface area contributed by atoms with Crippen LogP contribution >= 0.6 is 11.8 Å². The number of nitro groups is 1. The Bertz CT molecular complexity index is 955. The number of fused-ring (bicyclic) bond motifs is 1. The van der Waals surface area contributed by atoms with E-state index in [1.807, 2.05) is 24.3 Å². The van der Waals surface area contributed by atoms with Crippen molar-refractivity contribution in [2.75, 3.05) is 11.1 Å². The zero-order valence-corrected chi connectivity index (χ0v) is 15.0. The van der Waals surface area contributed by atoms with E-state index >= 15 is 0 Å². The highest BCUT2D eigenvalue weighted by Gasteiger charge is 2.15. The smallest absolute Gasteiger partial charge is 0.292 e. The number of benzene rings is 2. The molecule has 1 heterocycles. The van der Waals surface area contributed by atoms with Gasteiger partial charge < -0.3 is 9.88 Å². The van der Waals surface area contributed by atoms with Gasteiger partial charge in [-0.2, -0.15) is 0 Å². The van der Waals surface area contributed by atoms with Crippen molar-refractivity contribution in [1.29, 1.82) is 0 Å². The van der Waals surface area contributed by atoms with Crippen LogP contribution in [0.15, 0.2) is 53.7 Å². The van der Waals surface area contributed by atoms with E-state index < -0.39 is 4.92 Å². The summed E-state index contributed by atoms with van der Waals surface area (Å²) in [6, 6.07) is 14.0. The minimum absolute atomic E-state index is 0.110. The molecule has 0 fully saturated rings. The normalized spacial score (nSPS) is 10.8. The highest BCUT2D eigenvalue weighted by molar-refractivity contribution is 7.99. The van der Waals surface area contributed by atoms with Crippen molar-refractivity contribution in [3.8, 4) is 0 Å². The summed E-state index contributed by atoms with van der Waals surface area (Å²) in [5.74, 6) is 0.279. The van der Waals surface area contributed by atoms with Gasteiger partial charge in [-0.15, -0.1) is 0 Å². The van der Waals surface area contributed by atoms with E-state index in [0.29, 0.717) is 5.75 Å². The highest BCUT2D eigenvalue weighted by atomic mass is 32.2. The number of aromatic nitrogens is 2. The number of anilines is 1. The van der Waals surface area contributed by atoms with E-state index in [-0.39, 0.29) is 23.7 Å². The Morgan fingerprint density at radius 2 is 1.96 bits per heavy atom. The van der Waals surface area contributed by atoms with Gasteiger partial charge in [0.1, 0.15) is 5.69 Å². The Morgan fingerprint density at radius 3 is 2.73 bits per heavy atom. The Hall–Kier alpha value is -2.87. The molecule has 0 saturated heterocycles. The lowest BCUT2D eigenvalue weighted by Gasteiger charge is -2.07. The summed E-state index contributed by atoms with van der Waals surface area (Å²) in [5, 5.41) is 14.5. The molecule has 0 aliphatic carbocycles. The molecule has 134 valence electrons. The SMILES string of the molecule is CCn1c(SCCC(=O)Nc2ccccc2[N+](=O)[O-])nc2ccccc21. The van der Waals surface area contributed by atoms with E-state index in [9.17, 15) is 14.9 Å². The van der Waals surface area contributed by atoms with Gasteiger partial charge in [-0.05, 0) is 25.1 Å². The number of thioether (sulfide) groups is 1. The van der Waals surface area contributed by atoms with Crippen molar-refractivity contribution in [1.82, 2.24) is 9.55 Å². The van der Waals surface area contributed by atoms with Crippen molar-refractivity contribution in [2.24, 2.45) is 0 Å². The van der Waals surface area contributed by atoms with Crippen molar-refractivity contribution in [2.45, 2.75) is 25.0 Å². The number of aryl methyl sites for hydroxylation is 1. The summed E-state index contributed by atoms with van der Waals surface area (Å²) in [5.41, 5.74) is 2.11. The molecule has 0 saturated carbocycles.